The van der Waals surface area contributed by atoms with Crippen LogP contribution in [0.2, 0.25) is 0 Å². The molecule has 0 atom stereocenters. The number of hydrogen-bond acceptors (Lipinski definition) is 7. The molecule has 5 rings (SSSR count). The summed E-state index contributed by atoms with van der Waals surface area (Å²) in [5.74, 6) is 0.580. The highest BCUT2D eigenvalue weighted by Gasteiger charge is 2.18. The molecule has 1 aliphatic rings. The molecule has 0 spiro atoms. The Hall–Kier alpha value is -3.30. The first-order valence-electron chi connectivity index (χ1n) is 11.8. The molecule has 4 aromatic rings. The second kappa shape index (κ2) is 9.90. The van der Waals surface area contributed by atoms with E-state index in [1.165, 1.54) is 11.3 Å². The molecule has 1 aromatic carbocycles. The van der Waals surface area contributed by atoms with Crippen molar-refractivity contribution in [3.8, 4) is 0 Å². The van der Waals surface area contributed by atoms with Crippen LogP contribution >= 0.6 is 0 Å². The predicted molar refractivity (Wildman–Crippen MR) is 131 cm³/mol. The second-order valence-electron chi connectivity index (χ2n) is 8.73. The van der Waals surface area contributed by atoms with Crippen LogP contribution < -0.4 is 0 Å². The highest BCUT2D eigenvalue weighted by molar-refractivity contribution is 5.98. The number of aromatic nitrogens is 5. The van der Waals surface area contributed by atoms with Gasteiger partial charge in [-0.15, -0.1) is 5.10 Å². The summed E-state index contributed by atoms with van der Waals surface area (Å²) in [7, 11) is 0. The summed E-state index contributed by atoms with van der Waals surface area (Å²) >= 11 is 0. The molecule has 34 heavy (non-hydrogen) atoms. The number of aryl methyl sites for hydroxylation is 2. The fourth-order valence-electron chi connectivity index (χ4n) is 4.51. The number of morpholine rings is 1. The normalized spacial score (nSPS) is 15.4. The fourth-order valence-corrected chi connectivity index (χ4v) is 4.51. The molecule has 9 nitrogen and oxygen atoms in total. The van der Waals surface area contributed by atoms with Crippen LogP contribution in [0.25, 0.3) is 16.7 Å². The van der Waals surface area contributed by atoms with Gasteiger partial charge in [-0.05, 0) is 38.3 Å². The molecule has 0 bridgehead atoms. The van der Waals surface area contributed by atoms with Crippen LogP contribution in [0.3, 0.4) is 0 Å². The van der Waals surface area contributed by atoms with Gasteiger partial charge in [0.05, 0.1) is 24.3 Å². The molecule has 0 unspecified atom stereocenters. The number of nitrogens with zero attached hydrogens (tertiary/aromatic N) is 7. The maximum Gasteiger partial charge on any atom is 0.192 e. The number of fused-ring (bicyclic) bond motifs is 3. The molecule has 4 heterocycles. The number of benzene rings is 1. The SMILES string of the molecule is C/C(=N\OCc1nc2c3c(C)c(C)n(CCCN4CCOCC4)c3ncn2n1)c1ccccc1. The van der Waals surface area contributed by atoms with E-state index in [1.807, 2.05) is 37.3 Å². The molecule has 0 saturated carbocycles. The minimum Gasteiger partial charge on any atom is -0.387 e. The lowest BCUT2D eigenvalue weighted by molar-refractivity contribution is 0.0369. The van der Waals surface area contributed by atoms with Gasteiger partial charge >= 0.3 is 0 Å². The summed E-state index contributed by atoms with van der Waals surface area (Å²) in [6.45, 7) is 12.1. The van der Waals surface area contributed by atoms with Crippen molar-refractivity contribution in [2.75, 3.05) is 32.8 Å². The van der Waals surface area contributed by atoms with Crippen molar-refractivity contribution in [3.63, 3.8) is 0 Å². The van der Waals surface area contributed by atoms with Crippen molar-refractivity contribution in [1.29, 1.82) is 0 Å². The molecule has 0 radical (unpaired) electrons. The average molecular weight is 462 g/mol. The largest absolute Gasteiger partial charge is 0.387 e. The van der Waals surface area contributed by atoms with Gasteiger partial charge in [0.2, 0.25) is 0 Å². The fraction of sp³-hybridized carbons (Fsp3) is 0.440. The van der Waals surface area contributed by atoms with Gasteiger partial charge < -0.3 is 14.1 Å². The molecule has 1 saturated heterocycles. The van der Waals surface area contributed by atoms with Gasteiger partial charge in [0.1, 0.15) is 12.0 Å². The van der Waals surface area contributed by atoms with Crippen molar-refractivity contribution in [2.24, 2.45) is 5.16 Å². The van der Waals surface area contributed by atoms with E-state index >= 15 is 0 Å². The van der Waals surface area contributed by atoms with Crippen LogP contribution in [0.5, 0.6) is 0 Å². The third kappa shape index (κ3) is 4.53. The van der Waals surface area contributed by atoms with E-state index in [0.717, 1.165) is 73.8 Å². The first-order valence-corrected chi connectivity index (χ1v) is 11.8. The Kier molecular flexibility index (Phi) is 6.55. The Balaban J connectivity index is 1.33. The lowest BCUT2D eigenvalue weighted by Gasteiger charge is -2.26. The summed E-state index contributed by atoms with van der Waals surface area (Å²) in [6.07, 6.45) is 2.81. The van der Waals surface area contributed by atoms with Crippen LogP contribution in [0.4, 0.5) is 0 Å². The summed E-state index contributed by atoms with van der Waals surface area (Å²) in [6, 6.07) is 9.95. The Morgan fingerprint density at radius 1 is 1.09 bits per heavy atom. The van der Waals surface area contributed by atoms with E-state index in [1.54, 1.807) is 10.8 Å². The number of rotatable bonds is 8. The number of hydrogen-bond donors (Lipinski definition) is 0. The van der Waals surface area contributed by atoms with E-state index in [0.29, 0.717) is 5.82 Å². The predicted octanol–water partition coefficient (Wildman–Crippen LogP) is 3.36. The minimum absolute atomic E-state index is 0.200. The van der Waals surface area contributed by atoms with E-state index in [2.05, 4.69) is 33.6 Å². The number of ether oxygens (including phenoxy) is 1. The molecule has 0 aliphatic carbocycles. The summed E-state index contributed by atoms with van der Waals surface area (Å²) < 4.78 is 9.50. The maximum atomic E-state index is 5.56. The Labute approximate surface area is 199 Å². The standard InChI is InChI=1S/C25H31N7O2/c1-18-20(3)31(11-7-10-30-12-14-33-15-13-30)24-23(18)25-27-22(28-32(25)17-26-24)16-34-29-19(2)21-8-5-4-6-9-21/h4-6,8-9,17H,7,10-16H2,1-3H3/b29-19+. The van der Waals surface area contributed by atoms with E-state index in [9.17, 15) is 0 Å². The monoisotopic (exact) mass is 461 g/mol. The first-order chi connectivity index (χ1) is 16.6. The van der Waals surface area contributed by atoms with Crippen molar-refractivity contribution >= 4 is 22.4 Å². The third-order valence-corrected chi connectivity index (χ3v) is 6.54. The van der Waals surface area contributed by atoms with Crippen LogP contribution in [-0.2, 0) is 22.7 Å². The average Bonchev–Trinajstić information content (AvgIpc) is 3.39. The Morgan fingerprint density at radius 3 is 2.68 bits per heavy atom. The summed E-state index contributed by atoms with van der Waals surface area (Å²) in [4.78, 5) is 17.5. The molecular formula is C25H31N7O2. The first kappa shape index (κ1) is 22.5. The van der Waals surface area contributed by atoms with Crippen molar-refractivity contribution < 1.29 is 9.57 Å². The van der Waals surface area contributed by atoms with Gasteiger partial charge in [0, 0.05) is 31.9 Å². The van der Waals surface area contributed by atoms with Gasteiger partial charge in [0.15, 0.2) is 18.1 Å². The van der Waals surface area contributed by atoms with Crippen LogP contribution in [-0.4, -0.2) is 67.6 Å². The quantitative estimate of drug-likeness (QED) is 0.296. The topological polar surface area (TPSA) is 82.1 Å². The Bertz CT molecular complexity index is 1300. The highest BCUT2D eigenvalue weighted by Crippen LogP contribution is 2.27. The molecule has 0 N–H and O–H groups in total. The van der Waals surface area contributed by atoms with Crippen LogP contribution in [0, 0.1) is 13.8 Å². The molecule has 3 aromatic heterocycles. The van der Waals surface area contributed by atoms with Gasteiger partial charge in [-0.1, -0.05) is 35.5 Å². The second-order valence-corrected chi connectivity index (χ2v) is 8.73. The van der Waals surface area contributed by atoms with E-state index in [-0.39, 0.29) is 6.61 Å². The van der Waals surface area contributed by atoms with Gasteiger partial charge in [-0.25, -0.2) is 14.5 Å². The van der Waals surface area contributed by atoms with Crippen molar-refractivity contribution in [2.45, 2.75) is 40.3 Å². The molecule has 1 aliphatic heterocycles. The molecule has 1 fully saturated rings. The van der Waals surface area contributed by atoms with Crippen molar-refractivity contribution in [3.05, 3.63) is 59.3 Å². The highest BCUT2D eigenvalue weighted by atomic mass is 16.6. The van der Waals surface area contributed by atoms with Gasteiger partial charge in [0.25, 0.3) is 0 Å². The molecule has 178 valence electrons. The van der Waals surface area contributed by atoms with Crippen molar-refractivity contribution in [1.82, 2.24) is 29.0 Å². The molecular weight excluding hydrogens is 430 g/mol. The zero-order valence-corrected chi connectivity index (χ0v) is 20.1. The van der Waals surface area contributed by atoms with Crippen LogP contribution in [0.1, 0.15) is 36.0 Å². The smallest absolute Gasteiger partial charge is 0.192 e. The van der Waals surface area contributed by atoms with E-state index < -0.39 is 0 Å². The Morgan fingerprint density at radius 2 is 1.88 bits per heavy atom. The zero-order chi connectivity index (χ0) is 23.5. The lowest BCUT2D eigenvalue weighted by Crippen LogP contribution is -2.37. The maximum absolute atomic E-state index is 5.56. The summed E-state index contributed by atoms with van der Waals surface area (Å²) in [5.41, 5.74) is 6.02. The lowest BCUT2D eigenvalue weighted by atomic mass is 10.1. The van der Waals surface area contributed by atoms with Gasteiger partial charge in [-0.2, -0.15) is 0 Å². The molecule has 9 heteroatoms. The zero-order valence-electron chi connectivity index (χ0n) is 20.1. The van der Waals surface area contributed by atoms with Crippen LogP contribution in [0.15, 0.2) is 41.8 Å². The number of oxime groups is 1. The minimum atomic E-state index is 0.200. The van der Waals surface area contributed by atoms with E-state index in [4.69, 9.17) is 19.5 Å². The third-order valence-electron chi connectivity index (χ3n) is 6.54. The molecule has 0 amide bonds. The summed E-state index contributed by atoms with van der Waals surface area (Å²) in [5, 5.41) is 9.83. The van der Waals surface area contributed by atoms with Gasteiger partial charge in [-0.3, -0.25) is 4.90 Å².